The van der Waals surface area contributed by atoms with Gasteiger partial charge in [-0.1, -0.05) is 13.8 Å². The zero-order chi connectivity index (χ0) is 19.1. The van der Waals surface area contributed by atoms with E-state index in [1.807, 2.05) is 12.1 Å². The molecule has 2 aromatic rings. The fourth-order valence-electron chi connectivity index (χ4n) is 3.35. The molecule has 1 fully saturated rings. The fraction of sp³-hybridized carbons (Fsp3) is 0.476. The molecule has 1 aliphatic heterocycles. The molecular formula is C21H28N4O2. The van der Waals surface area contributed by atoms with Crippen molar-refractivity contribution in [3.05, 3.63) is 54.1 Å². The van der Waals surface area contributed by atoms with Crippen molar-refractivity contribution >= 4 is 5.91 Å². The summed E-state index contributed by atoms with van der Waals surface area (Å²) in [7, 11) is 0. The summed E-state index contributed by atoms with van der Waals surface area (Å²) in [6, 6.07) is 7.54. The van der Waals surface area contributed by atoms with E-state index in [0.29, 0.717) is 24.0 Å². The molecule has 2 aromatic heterocycles. The van der Waals surface area contributed by atoms with E-state index in [-0.39, 0.29) is 11.9 Å². The number of amides is 1. The quantitative estimate of drug-likeness (QED) is 0.814. The van der Waals surface area contributed by atoms with Gasteiger partial charge in [-0.3, -0.25) is 9.78 Å². The summed E-state index contributed by atoms with van der Waals surface area (Å²) in [6.07, 6.45) is 7.01. The number of aromatic nitrogens is 2. The summed E-state index contributed by atoms with van der Waals surface area (Å²) < 4.78 is 5.83. The lowest BCUT2D eigenvalue weighted by atomic mass is 10.0. The van der Waals surface area contributed by atoms with Crippen molar-refractivity contribution in [1.29, 1.82) is 0 Å². The summed E-state index contributed by atoms with van der Waals surface area (Å²) >= 11 is 0. The third kappa shape index (κ3) is 5.76. The van der Waals surface area contributed by atoms with Gasteiger partial charge in [0.1, 0.15) is 6.61 Å². The first-order valence-electron chi connectivity index (χ1n) is 9.61. The minimum absolute atomic E-state index is 0.164. The highest BCUT2D eigenvalue weighted by atomic mass is 16.5. The lowest BCUT2D eigenvalue weighted by molar-refractivity contribution is 0.0897. The highest BCUT2D eigenvalue weighted by molar-refractivity contribution is 5.95. The molecule has 0 aromatic carbocycles. The Kier molecular flexibility index (Phi) is 6.76. The number of nitrogens with zero attached hydrogens (tertiary/aromatic N) is 3. The largest absolute Gasteiger partial charge is 0.486 e. The average molecular weight is 368 g/mol. The number of rotatable bonds is 7. The van der Waals surface area contributed by atoms with E-state index in [1.165, 1.54) is 0 Å². The highest BCUT2D eigenvalue weighted by Gasteiger charge is 2.23. The molecule has 1 saturated heterocycles. The topological polar surface area (TPSA) is 67.4 Å². The first-order valence-corrected chi connectivity index (χ1v) is 9.61. The number of hydrogen-bond acceptors (Lipinski definition) is 5. The van der Waals surface area contributed by atoms with Gasteiger partial charge < -0.3 is 15.0 Å². The maximum absolute atomic E-state index is 12.7. The van der Waals surface area contributed by atoms with Crippen molar-refractivity contribution in [3.8, 4) is 5.75 Å². The van der Waals surface area contributed by atoms with Crippen molar-refractivity contribution in [2.24, 2.45) is 5.92 Å². The Morgan fingerprint density at radius 1 is 1.22 bits per heavy atom. The second-order valence-electron chi connectivity index (χ2n) is 7.44. The van der Waals surface area contributed by atoms with Crippen molar-refractivity contribution in [2.45, 2.75) is 39.3 Å². The van der Waals surface area contributed by atoms with Gasteiger partial charge >= 0.3 is 0 Å². The second-order valence-corrected chi connectivity index (χ2v) is 7.44. The van der Waals surface area contributed by atoms with Crippen molar-refractivity contribution in [1.82, 2.24) is 20.2 Å². The summed E-state index contributed by atoms with van der Waals surface area (Å²) in [5, 5.41) is 3.13. The number of likely N-dealkylation sites (tertiary alicyclic amines) is 1. The highest BCUT2D eigenvalue weighted by Crippen LogP contribution is 2.18. The normalized spacial score (nSPS) is 15.7. The minimum atomic E-state index is -0.164. The monoisotopic (exact) mass is 368 g/mol. The van der Waals surface area contributed by atoms with Crippen LogP contribution in [0.25, 0.3) is 0 Å². The van der Waals surface area contributed by atoms with Gasteiger partial charge in [-0.15, -0.1) is 0 Å². The molecule has 1 N–H and O–H groups in total. The van der Waals surface area contributed by atoms with Crippen molar-refractivity contribution < 1.29 is 9.53 Å². The summed E-state index contributed by atoms with van der Waals surface area (Å²) in [6.45, 7) is 8.02. The molecule has 0 radical (unpaired) electrons. The molecule has 27 heavy (non-hydrogen) atoms. The minimum Gasteiger partial charge on any atom is -0.486 e. The Morgan fingerprint density at radius 3 is 2.67 bits per heavy atom. The molecule has 0 saturated carbocycles. The number of hydrogen-bond donors (Lipinski definition) is 1. The number of carbonyl (C=O) groups is 1. The Hall–Kier alpha value is -2.47. The third-order valence-corrected chi connectivity index (χ3v) is 4.68. The molecule has 6 nitrogen and oxygen atoms in total. The lowest BCUT2D eigenvalue weighted by Crippen LogP contribution is -2.45. The molecule has 0 unspecified atom stereocenters. The van der Waals surface area contributed by atoms with Gasteiger partial charge in [0.25, 0.3) is 5.91 Å². The number of pyridine rings is 2. The molecule has 1 aliphatic rings. The third-order valence-electron chi connectivity index (χ3n) is 4.68. The van der Waals surface area contributed by atoms with Crippen LogP contribution in [0.15, 0.2) is 42.9 Å². The smallest absolute Gasteiger partial charge is 0.273 e. The van der Waals surface area contributed by atoms with Crippen LogP contribution < -0.4 is 10.1 Å². The van der Waals surface area contributed by atoms with Crippen LogP contribution in [0.1, 0.15) is 42.7 Å². The molecular weight excluding hydrogens is 340 g/mol. The van der Waals surface area contributed by atoms with E-state index in [4.69, 9.17) is 4.74 Å². The zero-order valence-corrected chi connectivity index (χ0v) is 16.1. The Labute approximate surface area is 161 Å². The summed E-state index contributed by atoms with van der Waals surface area (Å²) in [5.41, 5.74) is 1.34. The standard InChI is InChI=1S/C21H28N4O2/c1-16(2)14-25-12-7-18(8-13-25)24-21(26)20-19(4-3-9-23-20)27-15-17-5-10-22-11-6-17/h3-6,9-11,16,18H,7-8,12-15H2,1-2H3,(H,24,26). The first kappa shape index (κ1) is 19.3. The van der Waals surface area contributed by atoms with E-state index < -0.39 is 0 Å². The van der Waals surface area contributed by atoms with Crippen LogP contribution in [0.2, 0.25) is 0 Å². The predicted molar refractivity (Wildman–Crippen MR) is 105 cm³/mol. The maximum Gasteiger partial charge on any atom is 0.273 e. The maximum atomic E-state index is 12.7. The van der Waals surface area contributed by atoms with E-state index in [2.05, 4.69) is 34.0 Å². The molecule has 0 spiro atoms. The molecule has 0 atom stereocenters. The van der Waals surface area contributed by atoms with Gasteiger partial charge in [-0.05, 0) is 48.6 Å². The van der Waals surface area contributed by atoms with Crippen LogP contribution in [0.3, 0.4) is 0 Å². The van der Waals surface area contributed by atoms with Crippen LogP contribution in [0.5, 0.6) is 5.75 Å². The summed E-state index contributed by atoms with van der Waals surface area (Å²) in [5.74, 6) is 1.01. The second kappa shape index (κ2) is 9.46. The van der Waals surface area contributed by atoms with Crippen LogP contribution in [0, 0.1) is 5.92 Å². The fourth-order valence-corrected chi connectivity index (χ4v) is 3.35. The molecule has 144 valence electrons. The Balaban J connectivity index is 1.56. The lowest BCUT2D eigenvalue weighted by Gasteiger charge is -2.33. The van der Waals surface area contributed by atoms with E-state index in [1.54, 1.807) is 30.7 Å². The van der Waals surface area contributed by atoms with E-state index >= 15 is 0 Å². The van der Waals surface area contributed by atoms with Gasteiger partial charge in [0, 0.05) is 44.3 Å². The van der Waals surface area contributed by atoms with Gasteiger partial charge in [0.2, 0.25) is 0 Å². The molecule has 3 rings (SSSR count). The van der Waals surface area contributed by atoms with Gasteiger partial charge in [-0.25, -0.2) is 4.98 Å². The number of carbonyl (C=O) groups excluding carboxylic acids is 1. The Morgan fingerprint density at radius 2 is 1.96 bits per heavy atom. The van der Waals surface area contributed by atoms with Gasteiger partial charge in [0.15, 0.2) is 11.4 Å². The van der Waals surface area contributed by atoms with Gasteiger partial charge in [-0.2, -0.15) is 0 Å². The molecule has 3 heterocycles. The SMILES string of the molecule is CC(C)CN1CCC(NC(=O)c2ncccc2OCc2ccncc2)CC1. The van der Waals surface area contributed by atoms with Crippen LogP contribution >= 0.6 is 0 Å². The van der Waals surface area contributed by atoms with Gasteiger partial charge in [0.05, 0.1) is 0 Å². The summed E-state index contributed by atoms with van der Waals surface area (Å²) in [4.78, 5) is 23.4. The first-order chi connectivity index (χ1) is 13.1. The van der Waals surface area contributed by atoms with Crippen LogP contribution in [-0.4, -0.2) is 46.5 Å². The molecule has 6 heteroatoms. The van der Waals surface area contributed by atoms with E-state index in [9.17, 15) is 4.79 Å². The Bertz CT molecular complexity index is 728. The molecule has 1 amide bonds. The van der Waals surface area contributed by atoms with Crippen LogP contribution in [0.4, 0.5) is 0 Å². The van der Waals surface area contributed by atoms with Crippen molar-refractivity contribution in [3.63, 3.8) is 0 Å². The number of piperidine rings is 1. The zero-order valence-electron chi connectivity index (χ0n) is 16.1. The van der Waals surface area contributed by atoms with Crippen molar-refractivity contribution in [2.75, 3.05) is 19.6 Å². The molecule has 0 aliphatic carbocycles. The van der Waals surface area contributed by atoms with E-state index in [0.717, 1.165) is 38.0 Å². The number of nitrogens with one attached hydrogen (secondary N) is 1. The van der Waals surface area contributed by atoms with Crippen LogP contribution in [-0.2, 0) is 6.61 Å². The molecule has 0 bridgehead atoms. The average Bonchev–Trinajstić information content (AvgIpc) is 2.68. The predicted octanol–water partition coefficient (Wildman–Crippen LogP) is 2.91. The number of ether oxygens (including phenoxy) is 1.